The number of halogens is 1. The molecule has 3 nitrogen and oxygen atoms in total. The van der Waals surface area contributed by atoms with Gasteiger partial charge in [-0.05, 0) is 59.6 Å². The summed E-state index contributed by atoms with van der Waals surface area (Å²) < 4.78 is 18.5. The van der Waals surface area contributed by atoms with E-state index in [2.05, 4.69) is 43.5 Å². The Morgan fingerprint density at radius 2 is 1.67 bits per heavy atom. The van der Waals surface area contributed by atoms with Crippen molar-refractivity contribution >= 4 is 23.0 Å². The Kier molecular flexibility index (Phi) is 6.15. The standard InChI is InChI=1S/C19H23FN2OS/c1-19(2,3)14-4-10-17(11-5-14)23-13-12-21-18(24)22-16-8-6-15(20)7-9-16/h4-11H,12-13H2,1-3H3,(H2,21,22,24). The van der Waals surface area contributed by atoms with E-state index in [-0.39, 0.29) is 11.2 Å². The van der Waals surface area contributed by atoms with Crippen LogP contribution in [-0.2, 0) is 5.41 Å². The molecule has 0 unspecified atom stereocenters. The average molecular weight is 346 g/mol. The maximum Gasteiger partial charge on any atom is 0.170 e. The van der Waals surface area contributed by atoms with Crippen molar-refractivity contribution in [3.8, 4) is 5.75 Å². The van der Waals surface area contributed by atoms with E-state index in [9.17, 15) is 4.39 Å². The maximum atomic E-state index is 12.8. The van der Waals surface area contributed by atoms with E-state index in [4.69, 9.17) is 17.0 Å². The van der Waals surface area contributed by atoms with Crippen LogP contribution in [0.15, 0.2) is 48.5 Å². The van der Waals surface area contributed by atoms with Gasteiger partial charge in [-0.3, -0.25) is 0 Å². The molecular formula is C19H23FN2OS. The van der Waals surface area contributed by atoms with Crippen molar-refractivity contribution in [1.29, 1.82) is 0 Å². The van der Waals surface area contributed by atoms with Crippen LogP contribution in [-0.4, -0.2) is 18.3 Å². The number of benzene rings is 2. The Morgan fingerprint density at radius 1 is 1.04 bits per heavy atom. The molecule has 0 aliphatic rings. The second-order valence-electron chi connectivity index (χ2n) is 6.51. The molecule has 128 valence electrons. The fraction of sp³-hybridized carbons (Fsp3) is 0.316. The zero-order chi connectivity index (χ0) is 17.6. The van der Waals surface area contributed by atoms with E-state index in [0.29, 0.717) is 18.3 Å². The summed E-state index contributed by atoms with van der Waals surface area (Å²) in [5.41, 5.74) is 2.16. The highest BCUT2D eigenvalue weighted by atomic mass is 32.1. The summed E-state index contributed by atoms with van der Waals surface area (Å²) in [6.07, 6.45) is 0. The predicted octanol–water partition coefficient (Wildman–Crippen LogP) is 4.49. The predicted molar refractivity (Wildman–Crippen MR) is 101 cm³/mol. The molecule has 2 rings (SSSR count). The van der Waals surface area contributed by atoms with Crippen molar-refractivity contribution in [3.63, 3.8) is 0 Å². The molecule has 0 amide bonds. The maximum absolute atomic E-state index is 12.8. The molecule has 0 aliphatic carbocycles. The molecule has 0 saturated heterocycles. The van der Waals surface area contributed by atoms with Gasteiger partial charge < -0.3 is 15.4 Å². The fourth-order valence-corrected chi connectivity index (χ4v) is 2.31. The second-order valence-corrected chi connectivity index (χ2v) is 6.92. The number of anilines is 1. The molecule has 0 aromatic heterocycles. The van der Waals surface area contributed by atoms with E-state index < -0.39 is 0 Å². The van der Waals surface area contributed by atoms with Gasteiger partial charge in [-0.25, -0.2) is 4.39 Å². The summed E-state index contributed by atoms with van der Waals surface area (Å²) in [4.78, 5) is 0. The zero-order valence-electron chi connectivity index (χ0n) is 14.2. The number of rotatable bonds is 5. The highest BCUT2D eigenvalue weighted by molar-refractivity contribution is 7.80. The lowest BCUT2D eigenvalue weighted by atomic mass is 9.87. The Bertz CT molecular complexity index is 663. The van der Waals surface area contributed by atoms with Gasteiger partial charge >= 0.3 is 0 Å². The molecule has 0 radical (unpaired) electrons. The second kappa shape index (κ2) is 8.11. The lowest BCUT2D eigenvalue weighted by Gasteiger charge is -2.19. The first-order valence-corrected chi connectivity index (χ1v) is 8.29. The van der Waals surface area contributed by atoms with E-state index in [0.717, 1.165) is 11.4 Å². The summed E-state index contributed by atoms with van der Waals surface area (Å²) in [7, 11) is 0. The third-order valence-electron chi connectivity index (χ3n) is 3.48. The summed E-state index contributed by atoms with van der Waals surface area (Å²) in [5, 5.41) is 6.52. The molecule has 2 aromatic rings. The molecule has 2 aromatic carbocycles. The number of nitrogens with one attached hydrogen (secondary N) is 2. The molecule has 0 atom stereocenters. The molecule has 2 N–H and O–H groups in total. The first-order chi connectivity index (χ1) is 11.3. The Morgan fingerprint density at radius 3 is 2.25 bits per heavy atom. The van der Waals surface area contributed by atoms with Crippen LogP contribution in [0.2, 0.25) is 0 Å². The van der Waals surface area contributed by atoms with Crippen molar-refractivity contribution in [2.24, 2.45) is 0 Å². The monoisotopic (exact) mass is 346 g/mol. The molecule has 0 heterocycles. The summed E-state index contributed by atoms with van der Waals surface area (Å²) >= 11 is 5.19. The summed E-state index contributed by atoms with van der Waals surface area (Å²) in [6, 6.07) is 14.2. The molecule has 0 fully saturated rings. The van der Waals surface area contributed by atoms with Crippen molar-refractivity contribution in [3.05, 3.63) is 59.9 Å². The van der Waals surface area contributed by atoms with Crippen molar-refractivity contribution < 1.29 is 9.13 Å². The van der Waals surface area contributed by atoms with E-state index >= 15 is 0 Å². The number of hydrogen-bond acceptors (Lipinski definition) is 2. The van der Waals surface area contributed by atoms with E-state index in [1.165, 1.54) is 17.7 Å². The smallest absolute Gasteiger partial charge is 0.170 e. The van der Waals surface area contributed by atoms with Crippen LogP contribution in [0.1, 0.15) is 26.3 Å². The minimum Gasteiger partial charge on any atom is -0.492 e. The van der Waals surface area contributed by atoms with E-state index in [1.807, 2.05) is 12.1 Å². The Hall–Kier alpha value is -2.14. The first-order valence-electron chi connectivity index (χ1n) is 7.88. The van der Waals surface area contributed by atoms with Crippen LogP contribution < -0.4 is 15.4 Å². The third kappa shape index (κ3) is 5.81. The molecule has 5 heteroatoms. The van der Waals surface area contributed by atoms with Gasteiger partial charge in [0.2, 0.25) is 0 Å². The van der Waals surface area contributed by atoms with Gasteiger partial charge in [0.25, 0.3) is 0 Å². The lowest BCUT2D eigenvalue weighted by Crippen LogP contribution is -2.31. The normalized spacial score (nSPS) is 11.0. The largest absolute Gasteiger partial charge is 0.492 e. The quantitative estimate of drug-likeness (QED) is 0.617. The molecule has 0 saturated carbocycles. The topological polar surface area (TPSA) is 33.3 Å². The highest BCUT2D eigenvalue weighted by Crippen LogP contribution is 2.24. The number of thiocarbonyl (C=S) groups is 1. The summed E-state index contributed by atoms with van der Waals surface area (Å²) in [5.74, 6) is 0.563. The minimum absolute atomic E-state index is 0.137. The molecule has 0 spiro atoms. The molecule has 24 heavy (non-hydrogen) atoms. The van der Waals surface area contributed by atoms with E-state index in [1.54, 1.807) is 12.1 Å². The molecule has 0 bridgehead atoms. The Labute approximate surface area is 148 Å². The highest BCUT2D eigenvalue weighted by Gasteiger charge is 2.12. The fourth-order valence-electron chi connectivity index (χ4n) is 2.09. The van der Waals surface area contributed by atoms with Gasteiger partial charge in [-0.2, -0.15) is 0 Å². The third-order valence-corrected chi connectivity index (χ3v) is 3.73. The van der Waals surface area contributed by atoms with Gasteiger partial charge in [-0.15, -0.1) is 0 Å². The first kappa shape index (κ1) is 18.2. The number of hydrogen-bond donors (Lipinski definition) is 2. The molecule has 0 aliphatic heterocycles. The van der Waals surface area contributed by atoms with Crippen molar-refractivity contribution in [2.45, 2.75) is 26.2 Å². The number of ether oxygens (including phenoxy) is 1. The average Bonchev–Trinajstić information content (AvgIpc) is 2.53. The van der Waals surface area contributed by atoms with Crippen molar-refractivity contribution in [1.82, 2.24) is 5.32 Å². The van der Waals surface area contributed by atoms with Gasteiger partial charge in [0, 0.05) is 5.69 Å². The van der Waals surface area contributed by atoms with Gasteiger partial charge in [-0.1, -0.05) is 32.9 Å². The molecular weight excluding hydrogens is 323 g/mol. The SMILES string of the molecule is CC(C)(C)c1ccc(OCCNC(=S)Nc2ccc(F)cc2)cc1. The van der Waals surface area contributed by atoms with Crippen LogP contribution >= 0.6 is 12.2 Å². The van der Waals surface area contributed by atoms with Gasteiger partial charge in [0.15, 0.2) is 5.11 Å². The van der Waals surface area contributed by atoms with Crippen LogP contribution in [0, 0.1) is 5.82 Å². The van der Waals surface area contributed by atoms with Crippen LogP contribution in [0.25, 0.3) is 0 Å². The lowest BCUT2D eigenvalue weighted by molar-refractivity contribution is 0.322. The summed E-state index contributed by atoms with van der Waals surface area (Å²) in [6.45, 7) is 7.62. The van der Waals surface area contributed by atoms with Crippen LogP contribution in [0.3, 0.4) is 0 Å². The zero-order valence-corrected chi connectivity index (χ0v) is 15.0. The van der Waals surface area contributed by atoms with Crippen LogP contribution in [0.5, 0.6) is 5.75 Å². The van der Waals surface area contributed by atoms with Gasteiger partial charge in [0.05, 0.1) is 6.54 Å². The minimum atomic E-state index is -0.273. The Balaban J connectivity index is 1.70. The van der Waals surface area contributed by atoms with Crippen LogP contribution in [0.4, 0.5) is 10.1 Å². The van der Waals surface area contributed by atoms with Crippen molar-refractivity contribution in [2.75, 3.05) is 18.5 Å². The van der Waals surface area contributed by atoms with Gasteiger partial charge in [0.1, 0.15) is 18.2 Å².